The van der Waals surface area contributed by atoms with Crippen LogP contribution in [-0.2, 0) is 7.05 Å². The van der Waals surface area contributed by atoms with Gasteiger partial charge in [-0.05, 0) is 12.1 Å². The SMILES string of the molecule is Cn1cccc1[C@@H]1CNC[C@H]1N. The van der Waals surface area contributed by atoms with E-state index in [-0.39, 0.29) is 6.04 Å². The molecule has 1 saturated heterocycles. The van der Waals surface area contributed by atoms with Crippen LogP contribution < -0.4 is 11.1 Å². The molecule has 3 heteroatoms. The highest BCUT2D eigenvalue weighted by molar-refractivity contribution is 5.17. The van der Waals surface area contributed by atoms with Crippen molar-refractivity contribution in [1.82, 2.24) is 9.88 Å². The topological polar surface area (TPSA) is 43.0 Å². The summed E-state index contributed by atoms with van der Waals surface area (Å²) < 4.78 is 2.15. The van der Waals surface area contributed by atoms with Crippen LogP contribution in [0.2, 0.25) is 0 Å². The molecule has 0 aliphatic carbocycles. The summed E-state index contributed by atoms with van der Waals surface area (Å²) in [5, 5.41) is 3.30. The second-order valence-corrected chi connectivity index (χ2v) is 3.47. The lowest BCUT2D eigenvalue weighted by molar-refractivity contribution is 0.611. The van der Waals surface area contributed by atoms with Crippen LogP contribution in [0.3, 0.4) is 0 Å². The van der Waals surface area contributed by atoms with Crippen molar-refractivity contribution in [1.29, 1.82) is 0 Å². The number of aryl methyl sites for hydroxylation is 1. The van der Waals surface area contributed by atoms with E-state index in [0.29, 0.717) is 5.92 Å². The number of nitrogens with two attached hydrogens (primary N) is 1. The van der Waals surface area contributed by atoms with Crippen molar-refractivity contribution in [3.63, 3.8) is 0 Å². The summed E-state index contributed by atoms with van der Waals surface area (Å²) in [4.78, 5) is 0. The summed E-state index contributed by atoms with van der Waals surface area (Å²) in [6.45, 7) is 1.95. The van der Waals surface area contributed by atoms with Gasteiger partial charge >= 0.3 is 0 Å². The van der Waals surface area contributed by atoms with Crippen LogP contribution in [0.15, 0.2) is 18.3 Å². The molecular weight excluding hydrogens is 150 g/mol. The van der Waals surface area contributed by atoms with Crippen molar-refractivity contribution in [2.45, 2.75) is 12.0 Å². The van der Waals surface area contributed by atoms with Crippen LogP contribution in [0.4, 0.5) is 0 Å². The molecule has 0 aromatic carbocycles. The molecule has 12 heavy (non-hydrogen) atoms. The zero-order valence-corrected chi connectivity index (χ0v) is 7.33. The first-order valence-corrected chi connectivity index (χ1v) is 4.36. The van der Waals surface area contributed by atoms with Crippen LogP contribution in [0.5, 0.6) is 0 Å². The van der Waals surface area contributed by atoms with Crippen LogP contribution in [0.25, 0.3) is 0 Å². The van der Waals surface area contributed by atoms with E-state index in [2.05, 4.69) is 35.3 Å². The highest BCUT2D eigenvalue weighted by Gasteiger charge is 2.26. The Bertz CT molecular complexity index is 266. The maximum Gasteiger partial charge on any atom is 0.0280 e. The largest absolute Gasteiger partial charge is 0.354 e. The molecule has 1 aliphatic rings. The predicted octanol–water partition coefficient (Wildman–Crippen LogP) is 0.0392. The Morgan fingerprint density at radius 2 is 2.42 bits per heavy atom. The highest BCUT2D eigenvalue weighted by atomic mass is 15.0. The molecule has 2 heterocycles. The Hall–Kier alpha value is -0.800. The lowest BCUT2D eigenvalue weighted by Crippen LogP contribution is -2.28. The summed E-state index contributed by atoms with van der Waals surface area (Å²) in [6.07, 6.45) is 2.07. The molecule has 3 nitrogen and oxygen atoms in total. The average Bonchev–Trinajstić information content (AvgIpc) is 2.59. The van der Waals surface area contributed by atoms with Crippen LogP contribution in [0.1, 0.15) is 11.6 Å². The van der Waals surface area contributed by atoms with Crippen molar-refractivity contribution < 1.29 is 0 Å². The van der Waals surface area contributed by atoms with Crippen molar-refractivity contribution in [2.24, 2.45) is 12.8 Å². The van der Waals surface area contributed by atoms with Gasteiger partial charge in [0.2, 0.25) is 0 Å². The second-order valence-electron chi connectivity index (χ2n) is 3.47. The van der Waals surface area contributed by atoms with Gasteiger partial charge in [0.15, 0.2) is 0 Å². The van der Waals surface area contributed by atoms with Gasteiger partial charge in [-0.3, -0.25) is 0 Å². The van der Waals surface area contributed by atoms with Gasteiger partial charge < -0.3 is 15.6 Å². The number of rotatable bonds is 1. The van der Waals surface area contributed by atoms with Gasteiger partial charge in [0.1, 0.15) is 0 Å². The molecule has 0 saturated carbocycles. The van der Waals surface area contributed by atoms with Crippen molar-refractivity contribution in [2.75, 3.05) is 13.1 Å². The molecule has 0 amide bonds. The van der Waals surface area contributed by atoms with E-state index in [9.17, 15) is 0 Å². The lowest BCUT2D eigenvalue weighted by Gasteiger charge is -2.14. The summed E-state index contributed by atoms with van der Waals surface area (Å²) in [7, 11) is 2.07. The summed E-state index contributed by atoms with van der Waals surface area (Å²) in [6, 6.07) is 4.50. The fraction of sp³-hybridized carbons (Fsp3) is 0.556. The molecule has 2 atom stereocenters. The van der Waals surface area contributed by atoms with Gasteiger partial charge in [0.25, 0.3) is 0 Å². The van der Waals surface area contributed by atoms with E-state index in [1.807, 2.05) is 0 Å². The van der Waals surface area contributed by atoms with E-state index in [0.717, 1.165) is 13.1 Å². The van der Waals surface area contributed by atoms with Crippen molar-refractivity contribution >= 4 is 0 Å². The molecule has 1 fully saturated rings. The molecule has 2 rings (SSSR count). The molecule has 1 aromatic rings. The number of hydrogen-bond donors (Lipinski definition) is 2. The van der Waals surface area contributed by atoms with Crippen LogP contribution in [0, 0.1) is 0 Å². The minimum atomic E-state index is 0.276. The van der Waals surface area contributed by atoms with E-state index >= 15 is 0 Å². The molecule has 0 bridgehead atoms. The molecule has 66 valence electrons. The van der Waals surface area contributed by atoms with Gasteiger partial charge in [-0.25, -0.2) is 0 Å². The fourth-order valence-corrected chi connectivity index (χ4v) is 1.88. The third-order valence-corrected chi connectivity index (χ3v) is 2.62. The fourth-order valence-electron chi connectivity index (χ4n) is 1.88. The molecule has 1 aromatic heterocycles. The lowest BCUT2D eigenvalue weighted by atomic mass is 10.0. The van der Waals surface area contributed by atoms with Crippen molar-refractivity contribution in [3.05, 3.63) is 24.0 Å². The first-order valence-electron chi connectivity index (χ1n) is 4.36. The Kier molecular flexibility index (Phi) is 1.90. The standard InChI is InChI=1S/C9H15N3/c1-12-4-2-3-9(12)7-5-11-6-8(7)10/h2-4,7-8,11H,5-6,10H2,1H3/t7-,8-/m1/s1. The normalized spacial score (nSPS) is 29.5. The average molecular weight is 165 g/mol. The number of nitrogens with zero attached hydrogens (tertiary/aromatic N) is 1. The van der Waals surface area contributed by atoms with Gasteiger partial charge in [-0.15, -0.1) is 0 Å². The molecular formula is C9H15N3. The van der Waals surface area contributed by atoms with E-state index in [1.165, 1.54) is 5.69 Å². The summed E-state index contributed by atoms with van der Waals surface area (Å²) in [5.74, 6) is 0.491. The first kappa shape index (κ1) is 7.83. The third-order valence-electron chi connectivity index (χ3n) is 2.62. The summed E-state index contributed by atoms with van der Waals surface area (Å²) >= 11 is 0. The Morgan fingerprint density at radius 3 is 2.92 bits per heavy atom. The number of hydrogen-bond acceptors (Lipinski definition) is 2. The van der Waals surface area contributed by atoms with Gasteiger partial charge in [-0.1, -0.05) is 0 Å². The second kappa shape index (κ2) is 2.92. The Labute approximate surface area is 72.6 Å². The van der Waals surface area contributed by atoms with Gasteiger partial charge in [-0.2, -0.15) is 0 Å². The maximum atomic E-state index is 5.96. The van der Waals surface area contributed by atoms with Gasteiger partial charge in [0.05, 0.1) is 0 Å². The van der Waals surface area contributed by atoms with E-state index in [4.69, 9.17) is 5.73 Å². The van der Waals surface area contributed by atoms with Crippen LogP contribution >= 0.6 is 0 Å². The zero-order chi connectivity index (χ0) is 8.55. The van der Waals surface area contributed by atoms with E-state index in [1.54, 1.807) is 0 Å². The smallest absolute Gasteiger partial charge is 0.0280 e. The highest BCUT2D eigenvalue weighted by Crippen LogP contribution is 2.20. The Morgan fingerprint density at radius 1 is 1.58 bits per heavy atom. The number of aromatic nitrogens is 1. The monoisotopic (exact) mass is 165 g/mol. The van der Waals surface area contributed by atoms with Crippen molar-refractivity contribution in [3.8, 4) is 0 Å². The minimum absolute atomic E-state index is 0.276. The minimum Gasteiger partial charge on any atom is -0.354 e. The molecule has 0 unspecified atom stereocenters. The number of nitrogens with one attached hydrogen (secondary N) is 1. The summed E-state index contributed by atoms with van der Waals surface area (Å²) in [5.41, 5.74) is 7.30. The van der Waals surface area contributed by atoms with E-state index < -0.39 is 0 Å². The first-order chi connectivity index (χ1) is 5.79. The molecule has 0 radical (unpaired) electrons. The third kappa shape index (κ3) is 1.15. The predicted molar refractivity (Wildman–Crippen MR) is 49.0 cm³/mol. The maximum absolute atomic E-state index is 5.96. The molecule has 3 N–H and O–H groups in total. The molecule has 0 spiro atoms. The van der Waals surface area contributed by atoms with Crippen LogP contribution in [-0.4, -0.2) is 23.7 Å². The van der Waals surface area contributed by atoms with Gasteiger partial charge in [0, 0.05) is 44.0 Å². The molecule has 1 aliphatic heterocycles. The Balaban J connectivity index is 2.24. The zero-order valence-electron chi connectivity index (χ0n) is 7.33. The quantitative estimate of drug-likeness (QED) is 0.617.